The lowest BCUT2D eigenvalue weighted by Crippen LogP contribution is -2.36. The lowest BCUT2D eigenvalue weighted by molar-refractivity contribution is -0.120. The van der Waals surface area contributed by atoms with E-state index in [9.17, 15) is 4.79 Å². The number of nitrogens with one attached hydrogen (secondary N) is 1. The van der Waals surface area contributed by atoms with Crippen LogP contribution in [0.2, 0.25) is 0 Å². The standard InChI is InChI=1S/C17H20N2O2S/c1-12(17(20)18-11-14-6-4-10-21-14)22-16-9-8-13-5-2-3-7-15(13)19-16/h2-3,5,7-9,12,14H,4,6,10-11H2,1H3,(H,18,20)/t12-,14+/m1/s1. The molecule has 3 rings (SSSR count). The Morgan fingerprint density at radius 3 is 3.09 bits per heavy atom. The molecule has 2 heterocycles. The highest BCUT2D eigenvalue weighted by atomic mass is 32.2. The molecular formula is C17H20N2O2S. The lowest BCUT2D eigenvalue weighted by Gasteiger charge is -2.14. The van der Waals surface area contributed by atoms with E-state index in [0.29, 0.717) is 6.54 Å². The van der Waals surface area contributed by atoms with Crippen molar-refractivity contribution in [1.29, 1.82) is 0 Å². The first kappa shape index (κ1) is 15.3. The van der Waals surface area contributed by atoms with Gasteiger partial charge in [-0.25, -0.2) is 4.98 Å². The quantitative estimate of drug-likeness (QED) is 0.862. The smallest absolute Gasteiger partial charge is 0.233 e. The van der Waals surface area contributed by atoms with Gasteiger partial charge in [-0.2, -0.15) is 0 Å². The van der Waals surface area contributed by atoms with Crippen LogP contribution in [-0.4, -0.2) is 35.4 Å². The van der Waals surface area contributed by atoms with Gasteiger partial charge in [-0.15, -0.1) is 0 Å². The van der Waals surface area contributed by atoms with Gasteiger partial charge < -0.3 is 10.1 Å². The fourth-order valence-corrected chi connectivity index (χ4v) is 3.36. The summed E-state index contributed by atoms with van der Waals surface area (Å²) >= 11 is 1.49. The number of thioether (sulfide) groups is 1. The fraction of sp³-hybridized carbons (Fsp3) is 0.412. The zero-order valence-corrected chi connectivity index (χ0v) is 13.4. The topological polar surface area (TPSA) is 51.2 Å². The van der Waals surface area contributed by atoms with Crippen molar-refractivity contribution in [2.75, 3.05) is 13.2 Å². The van der Waals surface area contributed by atoms with E-state index < -0.39 is 0 Å². The van der Waals surface area contributed by atoms with Crippen molar-refractivity contribution in [3.05, 3.63) is 36.4 Å². The van der Waals surface area contributed by atoms with E-state index in [1.165, 1.54) is 11.8 Å². The Morgan fingerprint density at radius 2 is 2.27 bits per heavy atom. The first-order chi connectivity index (χ1) is 10.7. The number of ether oxygens (including phenoxy) is 1. The van der Waals surface area contributed by atoms with Crippen LogP contribution in [0, 0.1) is 0 Å². The first-order valence-electron chi connectivity index (χ1n) is 7.64. The number of amides is 1. The normalized spacial score (nSPS) is 19.2. The van der Waals surface area contributed by atoms with Gasteiger partial charge in [0.15, 0.2) is 0 Å². The van der Waals surface area contributed by atoms with Crippen LogP contribution in [0.15, 0.2) is 41.4 Å². The van der Waals surface area contributed by atoms with Crippen LogP contribution in [0.4, 0.5) is 0 Å². The summed E-state index contributed by atoms with van der Waals surface area (Å²) in [5.41, 5.74) is 0.958. The Hall–Kier alpha value is -1.59. The molecule has 0 bridgehead atoms. The van der Waals surface area contributed by atoms with E-state index in [2.05, 4.69) is 10.3 Å². The largest absolute Gasteiger partial charge is 0.376 e. The van der Waals surface area contributed by atoms with Crippen molar-refractivity contribution in [3.63, 3.8) is 0 Å². The Bertz CT molecular complexity index is 656. The van der Waals surface area contributed by atoms with Crippen LogP contribution >= 0.6 is 11.8 Å². The zero-order chi connectivity index (χ0) is 15.4. The van der Waals surface area contributed by atoms with E-state index in [0.717, 1.165) is 35.4 Å². The number of nitrogens with zero attached hydrogens (tertiary/aromatic N) is 1. The Labute approximate surface area is 134 Å². The van der Waals surface area contributed by atoms with E-state index in [1.54, 1.807) is 0 Å². The number of para-hydroxylation sites is 1. The van der Waals surface area contributed by atoms with Crippen LogP contribution in [0.3, 0.4) is 0 Å². The van der Waals surface area contributed by atoms with E-state index in [-0.39, 0.29) is 17.3 Å². The molecule has 4 nitrogen and oxygen atoms in total. The summed E-state index contributed by atoms with van der Waals surface area (Å²) in [5.74, 6) is 0.0375. The van der Waals surface area contributed by atoms with Gasteiger partial charge in [0.1, 0.15) is 0 Å². The minimum atomic E-state index is -0.171. The highest BCUT2D eigenvalue weighted by Gasteiger charge is 2.19. The molecule has 1 aliphatic heterocycles. The molecule has 2 aromatic rings. The van der Waals surface area contributed by atoms with Gasteiger partial charge in [-0.3, -0.25) is 4.79 Å². The first-order valence-corrected chi connectivity index (χ1v) is 8.52. The molecule has 1 amide bonds. The second kappa shape index (κ2) is 7.11. The molecular weight excluding hydrogens is 296 g/mol. The van der Waals surface area contributed by atoms with Crippen LogP contribution in [-0.2, 0) is 9.53 Å². The molecule has 5 heteroatoms. The van der Waals surface area contributed by atoms with Gasteiger partial charge in [0, 0.05) is 18.5 Å². The second-order valence-electron chi connectivity index (χ2n) is 5.48. The molecule has 22 heavy (non-hydrogen) atoms. The summed E-state index contributed by atoms with van der Waals surface area (Å²) < 4.78 is 5.52. The van der Waals surface area contributed by atoms with Gasteiger partial charge in [0.25, 0.3) is 0 Å². The maximum Gasteiger partial charge on any atom is 0.233 e. The van der Waals surface area contributed by atoms with E-state index in [4.69, 9.17) is 4.74 Å². The number of carbonyl (C=O) groups excluding carboxylic acids is 1. The molecule has 116 valence electrons. The number of aromatic nitrogens is 1. The molecule has 1 aliphatic rings. The molecule has 2 atom stereocenters. The molecule has 1 N–H and O–H groups in total. The van der Waals surface area contributed by atoms with E-state index >= 15 is 0 Å². The SMILES string of the molecule is C[C@@H](Sc1ccc2ccccc2n1)C(=O)NC[C@@H]1CCCO1. The summed E-state index contributed by atoms with van der Waals surface area (Å²) in [6.45, 7) is 3.33. The third-order valence-electron chi connectivity index (χ3n) is 3.77. The summed E-state index contributed by atoms with van der Waals surface area (Å²) in [6, 6.07) is 12.0. The van der Waals surface area contributed by atoms with Crippen LogP contribution in [0.25, 0.3) is 10.9 Å². The molecule has 1 fully saturated rings. The molecule has 0 unspecified atom stereocenters. The summed E-state index contributed by atoms with van der Waals surface area (Å²) in [5, 5.41) is 4.78. The minimum absolute atomic E-state index is 0.0375. The number of rotatable bonds is 5. The number of hydrogen-bond acceptors (Lipinski definition) is 4. The average Bonchev–Trinajstić information content (AvgIpc) is 3.06. The van der Waals surface area contributed by atoms with Crippen LogP contribution in [0.1, 0.15) is 19.8 Å². The zero-order valence-electron chi connectivity index (χ0n) is 12.6. The van der Waals surface area contributed by atoms with Gasteiger partial charge in [0.05, 0.1) is 21.9 Å². The van der Waals surface area contributed by atoms with Gasteiger partial charge >= 0.3 is 0 Å². The lowest BCUT2D eigenvalue weighted by atomic mass is 10.2. The van der Waals surface area contributed by atoms with Gasteiger partial charge in [-0.1, -0.05) is 36.0 Å². The number of hydrogen-bond donors (Lipinski definition) is 1. The molecule has 0 radical (unpaired) electrons. The number of fused-ring (bicyclic) bond motifs is 1. The maximum atomic E-state index is 12.2. The summed E-state index contributed by atoms with van der Waals surface area (Å²) in [4.78, 5) is 16.7. The van der Waals surface area contributed by atoms with Gasteiger partial charge in [0.2, 0.25) is 5.91 Å². The monoisotopic (exact) mass is 316 g/mol. The second-order valence-corrected chi connectivity index (χ2v) is 6.84. The summed E-state index contributed by atoms with van der Waals surface area (Å²) in [7, 11) is 0. The van der Waals surface area contributed by atoms with E-state index in [1.807, 2.05) is 43.3 Å². The number of carbonyl (C=O) groups is 1. The number of pyridine rings is 1. The molecule has 1 aromatic heterocycles. The highest BCUT2D eigenvalue weighted by Crippen LogP contribution is 2.24. The predicted octanol–water partition coefficient (Wildman–Crippen LogP) is 3.01. The Balaban J connectivity index is 1.57. The van der Waals surface area contributed by atoms with Crippen molar-refractivity contribution in [2.45, 2.75) is 36.1 Å². The molecule has 0 spiro atoms. The average molecular weight is 316 g/mol. The highest BCUT2D eigenvalue weighted by molar-refractivity contribution is 8.00. The van der Waals surface area contributed by atoms with Crippen molar-refractivity contribution in [1.82, 2.24) is 10.3 Å². The molecule has 1 aromatic carbocycles. The van der Waals surface area contributed by atoms with Crippen LogP contribution in [0.5, 0.6) is 0 Å². The molecule has 1 saturated heterocycles. The Morgan fingerprint density at radius 1 is 1.41 bits per heavy atom. The minimum Gasteiger partial charge on any atom is -0.376 e. The maximum absolute atomic E-state index is 12.2. The predicted molar refractivity (Wildman–Crippen MR) is 89.0 cm³/mol. The van der Waals surface area contributed by atoms with Crippen molar-refractivity contribution < 1.29 is 9.53 Å². The third kappa shape index (κ3) is 3.78. The van der Waals surface area contributed by atoms with Gasteiger partial charge in [-0.05, 0) is 31.9 Å². The van der Waals surface area contributed by atoms with Crippen molar-refractivity contribution in [2.24, 2.45) is 0 Å². The van der Waals surface area contributed by atoms with Crippen LogP contribution < -0.4 is 5.32 Å². The fourth-order valence-electron chi connectivity index (χ4n) is 2.51. The Kier molecular flexibility index (Phi) is 4.95. The number of benzene rings is 1. The third-order valence-corrected chi connectivity index (χ3v) is 4.80. The molecule has 0 aliphatic carbocycles. The van der Waals surface area contributed by atoms with Crippen molar-refractivity contribution in [3.8, 4) is 0 Å². The van der Waals surface area contributed by atoms with Crippen molar-refractivity contribution >= 4 is 28.6 Å². The molecule has 0 saturated carbocycles. The summed E-state index contributed by atoms with van der Waals surface area (Å²) in [6.07, 6.45) is 2.31.